The summed E-state index contributed by atoms with van der Waals surface area (Å²) in [6.07, 6.45) is -0.278. The van der Waals surface area contributed by atoms with Gasteiger partial charge in [0.2, 0.25) is 0 Å². The fourth-order valence-corrected chi connectivity index (χ4v) is 1.09. The second kappa shape index (κ2) is 5.63. The normalized spacial score (nSPS) is 12.8. The van der Waals surface area contributed by atoms with Crippen LogP contribution in [0.3, 0.4) is 0 Å². The fourth-order valence-electron chi connectivity index (χ4n) is 1.09. The van der Waals surface area contributed by atoms with Gasteiger partial charge in [-0.2, -0.15) is 0 Å². The zero-order chi connectivity index (χ0) is 12.9. The number of methoxy groups -OCH3 is 1. The van der Waals surface area contributed by atoms with Gasteiger partial charge in [0.1, 0.15) is 17.3 Å². The van der Waals surface area contributed by atoms with E-state index in [1.807, 2.05) is 0 Å². The van der Waals surface area contributed by atoms with Crippen molar-refractivity contribution in [3.05, 3.63) is 0 Å². The first kappa shape index (κ1) is 14.6. The number of ether oxygens (including phenoxy) is 2. The number of esters is 2. The Kier molecular flexibility index (Phi) is 5.14. The third-order valence-electron chi connectivity index (χ3n) is 1.77. The summed E-state index contributed by atoms with van der Waals surface area (Å²) in [7, 11) is 1.17. The Morgan fingerprint density at radius 1 is 1.19 bits per heavy atom. The molecule has 0 aliphatic rings. The number of hydrogen-bond acceptors (Lipinski definition) is 5. The Morgan fingerprint density at radius 2 is 1.69 bits per heavy atom. The number of carbonyl (C=O) groups is 3. The molecule has 0 aliphatic heterocycles. The summed E-state index contributed by atoms with van der Waals surface area (Å²) < 4.78 is 9.45. The molecule has 0 N–H and O–H groups in total. The first-order valence-electron chi connectivity index (χ1n) is 4.97. The molecule has 0 radical (unpaired) electrons. The number of carbonyl (C=O) groups excluding carboxylic acids is 3. The number of rotatable bonds is 4. The summed E-state index contributed by atoms with van der Waals surface area (Å²) in [5.41, 5.74) is -0.630. The SMILES string of the molecule is COC(=O)C(CC(=O)OC(C)(C)C)C(C)=O. The van der Waals surface area contributed by atoms with E-state index in [9.17, 15) is 14.4 Å². The number of hydrogen-bond donors (Lipinski definition) is 0. The van der Waals surface area contributed by atoms with E-state index >= 15 is 0 Å². The lowest BCUT2D eigenvalue weighted by Crippen LogP contribution is -2.30. The van der Waals surface area contributed by atoms with Gasteiger partial charge in [0.15, 0.2) is 0 Å². The second-order valence-corrected chi connectivity index (χ2v) is 4.48. The van der Waals surface area contributed by atoms with Crippen LogP contribution in [0.5, 0.6) is 0 Å². The molecule has 0 saturated carbocycles. The molecule has 1 atom stereocenters. The van der Waals surface area contributed by atoms with Crippen molar-refractivity contribution in [2.75, 3.05) is 7.11 Å². The molecule has 0 bridgehead atoms. The topological polar surface area (TPSA) is 69.7 Å². The largest absolute Gasteiger partial charge is 0.468 e. The van der Waals surface area contributed by atoms with Gasteiger partial charge in [-0.1, -0.05) is 0 Å². The summed E-state index contributed by atoms with van der Waals surface area (Å²) in [5.74, 6) is -2.77. The van der Waals surface area contributed by atoms with Crippen molar-refractivity contribution >= 4 is 17.7 Å². The van der Waals surface area contributed by atoms with Crippen LogP contribution in [0, 0.1) is 5.92 Å². The maximum atomic E-state index is 11.4. The van der Waals surface area contributed by atoms with Crippen LogP contribution in [-0.4, -0.2) is 30.4 Å². The minimum atomic E-state index is -1.07. The first-order chi connectivity index (χ1) is 7.17. The number of Topliss-reactive ketones (excluding diaryl/α,β-unsaturated/α-hetero) is 1. The summed E-state index contributed by atoms with van der Waals surface area (Å²) >= 11 is 0. The predicted octanol–water partition coefficient (Wildman–Crippen LogP) is 1.10. The lowest BCUT2D eigenvalue weighted by Gasteiger charge is -2.20. The molecule has 0 aromatic rings. The number of ketones is 1. The van der Waals surface area contributed by atoms with Gasteiger partial charge in [0, 0.05) is 0 Å². The molecule has 1 unspecified atom stereocenters. The monoisotopic (exact) mass is 230 g/mol. The van der Waals surface area contributed by atoms with E-state index in [0.717, 1.165) is 0 Å². The van der Waals surface area contributed by atoms with E-state index in [0.29, 0.717) is 0 Å². The molecule has 0 amide bonds. The van der Waals surface area contributed by atoms with Gasteiger partial charge >= 0.3 is 11.9 Å². The molecule has 0 aromatic heterocycles. The molecule has 0 aromatic carbocycles. The van der Waals surface area contributed by atoms with Gasteiger partial charge in [-0.15, -0.1) is 0 Å². The van der Waals surface area contributed by atoms with Crippen LogP contribution >= 0.6 is 0 Å². The van der Waals surface area contributed by atoms with E-state index in [2.05, 4.69) is 4.74 Å². The van der Waals surface area contributed by atoms with Crippen molar-refractivity contribution in [1.29, 1.82) is 0 Å². The molecule has 0 aliphatic carbocycles. The lowest BCUT2D eigenvalue weighted by molar-refractivity contribution is -0.162. The van der Waals surface area contributed by atoms with Gasteiger partial charge in [0.25, 0.3) is 0 Å². The highest BCUT2D eigenvalue weighted by Gasteiger charge is 2.29. The highest BCUT2D eigenvalue weighted by Crippen LogP contribution is 2.13. The second-order valence-electron chi connectivity index (χ2n) is 4.48. The van der Waals surface area contributed by atoms with Gasteiger partial charge in [-0.3, -0.25) is 14.4 Å². The third kappa shape index (κ3) is 5.48. The maximum Gasteiger partial charge on any atom is 0.316 e. The Labute approximate surface area is 95.1 Å². The molecular formula is C11H18O5. The molecule has 0 spiro atoms. The van der Waals surface area contributed by atoms with Crippen LogP contribution in [0.2, 0.25) is 0 Å². The van der Waals surface area contributed by atoms with Crippen LogP contribution in [0.25, 0.3) is 0 Å². The lowest BCUT2D eigenvalue weighted by atomic mass is 10.0. The highest BCUT2D eigenvalue weighted by molar-refractivity contribution is 6.00. The van der Waals surface area contributed by atoms with E-state index < -0.39 is 29.2 Å². The van der Waals surface area contributed by atoms with Crippen LogP contribution in [0.1, 0.15) is 34.1 Å². The van der Waals surface area contributed by atoms with Crippen LogP contribution < -0.4 is 0 Å². The van der Waals surface area contributed by atoms with Crippen LogP contribution in [0.15, 0.2) is 0 Å². The van der Waals surface area contributed by atoms with Crippen LogP contribution in [-0.2, 0) is 23.9 Å². The Hall–Kier alpha value is -1.39. The van der Waals surface area contributed by atoms with Crippen molar-refractivity contribution in [3.8, 4) is 0 Å². The Morgan fingerprint density at radius 3 is 2.00 bits per heavy atom. The molecule has 5 nitrogen and oxygen atoms in total. The Bertz CT molecular complexity index is 287. The van der Waals surface area contributed by atoms with Crippen molar-refractivity contribution in [2.24, 2.45) is 5.92 Å². The van der Waals surface area contributed by atoms with Gasteiger partial charge in [-0.25, -0.2) is 0 Å². The predicted molar refractivity (Wildman–Crippen MR) is 56.6 cm³/mol. The summed E-state index contributed by atoms with van der Waals surface area (Å²) in [6, 6.07) is 0. The van der Waals surface area contributed by atoms with E-state index in [1.165, 1.54) is 14.0 Å². The standard InChI is InChI=1S/C11H18O5/c1-7(12)8(10(14)15-5)6-9(13)16-11(2,3)4/h8H,6H2,1-5H3. The van der Waals surface area contributed by atoms with E-state index in [1.54, 1.807) is 20.8 Å². The van der Waals surface area contributed by atoms with Crippen LogP contribution in [0.4, 0.5) is 0 Å². The summed E-state index contributed by atoms with van der Waals surface area (Å²) in [6.45, 7) is 6.38. The van der Waals surface area contributed by atoms with E-state index in [-0.39, 0.29) is 6.42 Å². The molecule has 5 heteroatoms. The average molecular weight is 230 g/mol. The Balaban J connectivity index is 4.48. The van der Waals surface area contributed by atoms with Gasteiger partial charge in [0.05, 0.1) is 13.5 Å². The minimum Gasteiger partial charge on any atom is -0.468 e. The quantitative estimate of drug-likeness (QED) is 0.534. The molecule has 0 rings (SSSR count). The molecule has 0 fully saturated rings. The van der Waals surface area contributed by atoms with Crippen molar-refractivity contribution in [3.63, 3.8) is 0 Å². The van der Waals surface area contributed by atoms with E-state index in [4.69, 9.17) is 4.74 Å². The summed E-state index contributed by atoms with van der Waals surface area (Å²) in [4.78, 5) is 33.8. The zero-order valence-electron chi connectivity index (χ0n) is 10.3. The average Bonchev–Trinajstić information content (AvgIpc) is 2.09. The van der Waals surface area contributed by atoms with Gasteiger partial charge in [-0.05, 0) is 27.7 Å². The molecule has 0 saturated heterocycles. The minimum absolute atomic E-state index is 0.278. The van der Waals surface area contributed by atoms with Gasteiger partial charge < -0.3 is 9.47 Å². The fraction of sp³-hybridized carbons (Fsp3) is 0.727. The highest BCUT2D eigenvalue weighted by atomic mass is 16.6. The first-order valence-corrected chi connectivity index (χ1v) is 4.97. The smallest absolute Gasteiger partial charge is 0.316 e. The molecule has 0 heterocycles. The molecule has 92 valence electrons. The molecule has 16 heavy (non-hydrogen) atoms. The van der Waals surface area contributed by atoms with Crippen molar-refractivity contribution < 1.29 is 23.9 Å². The van der Waals surface area contributed by atoms with Crippen molar-refractivity contribution in [1.82, 2.24) is 0 Å². The third-order valence-corrected chi connectivity index (χ3v) is 1.77. The molecular weight excluding hydrogens is 212 g/mol. The summed E-state index contributed by atoms with van der Waals surface area (Å²) in [5, 5.41) is 0. The maximum absolute atomic E-state index is 11.4. The van der Waals surface area contributed by atoms with Crippen molar-refractivity contribution in [2.45, 2.75) is 39.7 Å². The zero-order valence-corrected chi connectivity index (χ0v) is 10.3.